The number of phosphoric ester groups is 1. The van der Waals surface area contributed by atoms with E-state index in [4.69, 9.17) is 40.7 Å². The van der Waals surface area contributed by atoms with Gasteiger partial charge in [0.15, 0.2) is 23.7 Å². The predicted molar refractivity (Wildman–Crippen MR) is 112 cm³/mol. The number of rotatable bonds is 8. The number of fused-ring (bicyclic) bond motifs is 1. The molecule has 0 spiro atoms. The number of anilines is 1. The van der Waals surface area contributed by atoms with Crippen molar-refractivity contribution in [1.29, 1.82) is 0 Å². The first-order chi connectivity index (χ1) is 16.2. The van der Waals surface area contributed by atoms with Crippen LogP contribution in [0.2, 0.25) is 0 Å². The van der Waals surface area contributed by atoms with E-state index in [-0.39, 0.29) is 23.4 Å². The largest absolute Gasteiger partial charge is 0.469 e. The van der Waals surface area contributed by atoms with Gasteiger partial charge in [0.05, 0.1) is 19.0 Å². The molecule has 198 valence electrons. The molecular weight excluding hydrogens is 501 g/mol. The van der Waals surface area contributed by atoms with E-state index < -0.39 is 68.9 Å². The zero-order valence-electron chi connectivity index (χ0n) is 18.0. The Balaban J connectivity index is 0.000000334. The number of imidazole rings is 1. The highest BCUT2D eigenvalue weighted by Gasteiger charge is 2.45. The van der Waals surface area contributed by atoms with Crippen LogP contribution in [0.1, 0.15) is 13.2 Å². The number of aliphatic hydroxyl groups is 6. The van der Waals surface area contributed by atoms with Gasteiger partial charge < -0.3 is 55.7 Å². The van der Waals surface area contributed by atoms with Crippen molar-refractivity contribution in [3.05, 3.63) is 16.7 Å². The summed E-state index contributed by atoms with van der Waals surface area (Å²) in [5.74, 6) is -0.177. The molecule has 1 aliphatic rings. The van der Waals surface area contributed by atoms with Crippen LogP contribution in [0.5, 0.6) is 0 Å². The lowest BCUT2D eigenvalue weighted by Crippen LogP contribution is -2.43. The summed E-state index contributed by atoms with van der Waals surface area (Å²) in [6.45, 7) is 0.590. The van der Waals surface area contributed by atoms with E-state index in [0.717, 1.165) is 0 Å². The molecule has 0 saturated carbocycles. The molecule has 0 unspecified atom stereocenters. The van der Waals surface area contributed by atoms with E-state index in [1.54, 1.807) is 0 Å². The molecule has 2 aromatic heterocycles. The average molecular weight is 527 g/mol. The number of carbonyl (C=O) groups excluding carboxylic acids is 1. The average Bonchev–Trinajstić information content (AvgIpc) is 3.31. The van der Waals surface area contributed by atoms with Crippen molar-refractivity contribution >= 4 is 31.2 Å². The first-order valence-corrected chi connectivity index (χ1v) is 11.3. The lowest BCUT2D eigenvalue weighted by atomic mass is 10.1. The Morgan fingerprint density at radius 3 is 2.43 bits per heavy atom. The minimum absolute atomic E-state index is 0.0176. The minimum atomic E-state index is -4.76. The summed E-state index contributed by atoms with van der Waals surface area (Å²) < 4.78 is 21.6. The molecule has 3 heterocycles. The van der Waals surface area contributed by atoms with Gasteiger partial charge in [0.2, 0.25) is 5.95 Å². The second-order valence-corrected chi connectivity index (χ2v) is 8.70. The first kappa shape index (κ1) is 28.9. The molecular formula is C16H26N5O13P. The summed E-state index contributed by atoms with van der Waals surface area (Å²) in [7, 11) is -4.76. The lowest BCUT2D eigenvalue weighted by Gasteiger charge is -2.21. The van der Waals surface area contributed by atoms with Gasteiger partial charge in [-0.05, 0) is 6.92 Å². The maximum Gasteiger partial charge on any atom is 0.469 e. The smallest absolute Gasteiger partial charge is 0.391 e. The Morgan fingerprint density at radius 1 is 1.26 bits per heavy atom. The van der Waals surface area contributed by atoms with Crippen molar-refractivity contribution in [2.24, 2.45) is 0 Å². The van der Waals surface area contributed by atoms with Gasteiger partial charge in [-0.25, -0.2) is 9.55 Å². The monoisotopic (exact) mass is 527 g/mol. The van der Waals surface area contributed by atoms with E-state index in [2.05, 4.69) is 19.5 Å². The molecule has 3 rings (SSSR count). The van der Waals surface area contributed by atoms with Crippen LogP contribution in [-0.4, -0.2) is 116 Å². The third-order valence-corrected chi connectivity index (χ3v) is 5.29. The van der Waals surface area contributed by atoms with Crippen LogP contribution in [0.4, 0.5) is 5.95 Å². The fraction of sp³-hybridized carbons (Fsp3) is 0.625. The molecule has 0 aromatic carbocycles. The third kappa shape index (κ3) is 7.09. The molecule has 8 atom stereocenters. The molecule has 1 aliphatic heterocycles. The second-order valence-electron chi connectivity index (χ2n) is 7.46. The van der Waals surface area contributed by atoms with Crippen molar-refractivity contribution in [2.75, 3.05) is 12.3 Å². The van der Waals surface area contributed by atoms with Gasteiger partial charge in [0.1, 0.15) is 36.6 Å². The Hall–Kier alpha value is -2.35. The fourth-order valence-electron chi connectivity index (χ4n) is 2.96. The quantitative estimate of drug-likeness (QED) is 0.114. The van der Waals surface area contributed by atoms with Crippen molar-refractivity contribution in [3.8, 4) is 0 Å². The highest BCUT2D eigenvalue weighted by molar-refractivity contribution is 7.46. The maximum absolute atomic E-state index is 11.7. The molecule has 11 N–H and O–H groups in total. The Morgan fingerprint density at radius 2 is 1.89 bits per heavy atom. The van der Waals surface area contributed by atoms with E-state index in [1.165, 1.54) is 17.8 Å². The van der Waals surface area contributed by atoms with Crippen molar-refractivity contribution in [2.45, 2.75) is 55.9 Å². The van der Waals surface area contributed by atoms with Crippen LogP contribution in [0, 0.1) is 0 Å². The predicted octanol–water partition coefficient (Wildman–Crippen LogP) is -4.92. The summed E-state index contributed by atoms with van der Waals surface area (Å²) >= 11 is 0. The normalized spacial score (nSPS) is 26.0. The zero-order valence-corrected chi connectivity index (χ0v) is 18.9. The van der Waals surface area contributed by atoms with E-state index >= 15 is 0 Å². The van der Waals surface area contributed by atoms with Gasteiger partial charge in [-0.1, -0.05) is 0 Å². The maximum atomic E-state index is 11.7. The number of phosphoric acid groups is 1. The SMILES string of the molecule is C[C@H](O)[C@@H](O)[C@@H](O)[C@H](O)C=O.Nc1nc2c(ncn2[C@@H]2O[C@H](COP(=O)(O)O)[C@@H](O)[C@H]2O)c(=O)[nH]1. The molecule has 18 nitrogen and oxygen atoms in total. The number of ether oxygens (including phenoxy) is 1. The number of aldehydes is 1. The van der Waals surface area contributed by atoms with Gasteiger partial charge in [-0.15, -0.1) is 0 Å². The van der Waals surface area contributed by atoms with E-state index in [9.17, 15) is 24.4 Å². The number of nitrogen functional groups attached to an aromatic ring is 1. The van der Waals surface area contributed by atoms with Crippen molar-refractivity contribution in [1.82, 2.24) is 19.5 Å². The molecule has 1 fully saturated rings. The fourth-order valence-corrected chi connectivity index (χ4v) is 3.31. The van der Waals surface area contributed by atoms with Gasteiger partial charge in [-0.2, -0.15) is 4.98 Å². The first-order valence-electron chi connectivity index (χ1n) is 9.79. The van der Waals surface area contributed by atoms with Crippen molar-refractivity contribution in [3.63, 3.8) is 0 Å². The number of nitrogens with one attached hydrogen (secondary N) is 1. The number of hydrogen-bond acceptors (Lipinski definition) is 14. The molecule has 2 aromatic rings. The topological polar surface area (TPSA) is 304 Å². The number of carbonyl (C=O) groups is 1. The Kier molecular flexibility index (Phi) is 9.56. The highest BCUT2D eigenvalue weighted by Crippen LogP contribution is 2.38. The Labute approximate surface area is 195 Å². The number of aliphatic hydroxyl groups excluding tert-OH is 6. The van der Waals surface area contributed by atoms with Crippen LogP contribution < -0.4 is 11.3 Å². The summed E-state index contributed by atoms with van der Waals surface area (Å²) in [4.78, 5) is 49.0. The standard InChI is InChI=1S/C10H14N5O8P.C6H12O5/c11-10-13-7-4(8(18)14-10)12-2-15(7)9-6(17)5(16)3(23-9)1-22-24(19,20)21;1-3(8)5(10)6(11)4(9)2-7/h2-3,5-6,9,16-17H,1H2,(H2,19,20,21)(H3,11,13,14,18);2-6,8-11H,1H3/t3-,5-,6-,9-;3-,4+,5+,6-/m10/s1. The third-order valence-electron chi connectivity index (χ3n) is 4.80. The number of hydrogen-bond donors (Lipinski definition) is 10. The summed E-state index contributed by atoms with van der Waals surface area (Å²) in [6, 6.07) is 0. The molecule has 35 heavy (non-hydrogen) atoms. The molecule has 19 heteroatoms. The summed E-state index contributed by atoms with van der Waals surface area (Å²) in [5.41, 5.74) is 4.84. The van der Waals surface area contributed by atoms with Crippen LogP contribution in [0.25, 0.3) is 11.2 Å². The summed E-state index contributed by atoms with van der Waals surface area (Å²) in [6.07, 6.45) is -10.1. The van der Waals surface area contributed by atoms with Gasteiger partial charge in [0, 0.05) is 0 Å². The molecule has 1 saturated heterocycles. The molecule has 0 amide bonds. The van der Waals surface area contributed by atoms with Gasteiger partial charge in [-0.3, -0.25) is 18.9 Å². The number of H-pyrrole nitrogens is 1. The Bertz CT molecular complexity index is 1100. The second kappa shape index (κ2) is 11.6. The van der Waals surface area contributed by atoms with Crippen LogP contribution in [0.3, 0.4) is 0 Å². The minimum Gasteiger partial charge on any atom is -0.391 e. The number of aromatic nitrogens is 4. The molecule has 0 aliphatic carbocycles. The molecule has 0 radical (unpaired) electrons. The van der Waals surface area contributed by atoms with Crippen molar-refractivity contribution < 1.29 is 59.0 Å². The van der Waals surface area contributed by atoms with Crippen LogP contribution >= 0.6 is 7.82 Å². The van der Waals surface area contributed by atoms with Crippen LogP contribution in [-0.2, 0) is 18.6 Å². The number of nitrogens with two attached hydrogens (primary N) is 1. The van der Waals surface area contributed by atoms with Crippen LogP contribution in [0.15, 0.2) is 11.1 Å². The number of aromatic amines is 1. The molecule has 0 bridgehead atoms. The van der Waals surface area contributed by atoms with E-state index in [1.807, 2.05) is 0 Å². The van der Waals surface area contributed by atoms with E-state index in [0.29, 0.717) is 0 Å². The lowest BCUT2D eigenvalue weighted by molar-refractivity contribution is -0.132. The highest BCUT2D eigenvalue weighted by atomic mass is 31.2. The summed E-state index contributed by atoms with van der Waals surface area (Å²) in [5, 5.41) is 55.2. The van der Waals surface area contributed by atoms with Gasteiger partial charge >= 0.3 is 7.82 Å². The number of nitrogens with zero attached hydrogens (tertiary/aromatic N) is 3. The zero-order chi connectivity index (χ0) is 26.7. The van der Waals surface area contributed by atoms with Gasteiger partial charge in [0.25, 0.3) is 5.56 Å².